The number of hydrogen-bond donors (Lipinski definition) is 0. The third kappa shape index (κ3) is 2.39. The minimum absolute atomic E-state index is 0.483. The smallest absolute Gasteiger partial charge is 0.0241 e. The van der Waals surface area contributed by atoms with Crippen molar-refractivity contribution in [3.8, 4) is 0 Å². The van der Waals surface area contributed by atoms with Crippen LogP contribution in [0.25, 0.3) is 0 Å². The summed E-state index contributed by atoms with van der Waals surface area (Å²) in [5.74, 6) is 2.02. The monoisotopic (exact) mass is 304 g/mol. The Kier molecular flexibility index (Phi) is 4.02. The standard InChI is InChI=1S/C22H40/c1-7-8-10-17-18-15-22(19(2,3)4)12-9-11-20(17,5)13-14-21(18,6)16-22/h17-18H,7-16H2,1-6H3. The molecule has 0 aliphatic heterocycles. The van der Waals surface area contributed by atoms with Crippen LogP contribution in [-0.2, 0) is 0 Å². The highest BCUT2D eigenvalue weighted by Crippen LogP contribution is 2.72. The molecule has 0 N–H and O–H groups in total. The Morgan fingerprint density at radius 1 is 0.955 bits per heavy atom. The fourth-order valence-corrected chi connectivity index (χ4v) is 7.04. The molecule has 0 spiro atoms. The quantitative estimate of drug-likeness (QED) is 0.516. The Balaban J connectivity index is 1.99. The molecule has 5 atom stereocenters. The van der Waals surface area contributed by atoms with E-state index >= 15 is 0 Å². The third-order valence-electron chi connectivity index (χ3n) is 8.76. The maximum absolute atomic E-state index is 2.68. The van der Waals surface area contributed by atoms with Crippen molar-refractivity contribution < 1.29 is 0 Å². The highest BCUT2D eigenvalue weighted by Gasteiger charge is 2.62. The lowest BCUT2D eigenvalue weighted by molar-refractivity contribution is -0.0360. The van der Waals surface area contributed by atoms with Crippen molar-refractivity contribution in [2.75, 3.05) is 0 Å². The van der Waals surface area contributed by atoms with E-state index in [9.17, 15) is 0 Å². The van der Waals surface area contributed by atoms with Gasteiger partial charge in [0.1, 0.15) is 0 Å². The summed E-state index contributed by atoms with van der Waals surface area (Å²) >= 11 is 0. The third-order valence-corrected chi connectivity index (χ3v) is 8.76. The summed E-state index contributed by atoms with van der Waals surface area (Å²) in [6, 6.07) is 0. The second-order valence-electron chi connectivity index (χ2n) is 10.9. The molecule has 0 heterocycles. The predicted molar refractivity (Wildman–Crippen MR) is 96.9 cm³/mol. The van der Waals surface area contributed by atoms with E-state index in [2.05, 4.69) is 41.5 Å². The van der Waals surface area contributed by atoms with E-state index in [-0.39, 0.29) is 0 Å². The summed E-state index contributed by atoms with van der Waals surface area (Å²) in [7, 11) is 0. The Morgan fingerprint density at radius 3 is 2.27 bits per heavy atom. The van der Waals surface area contributed by atoms with E-state index in [0.29, 0.717) is 21.7 Å². The van der Waals surface area contributed by atoms with Crippen LogP contribution >= 0.6 is 0 Å². The zero-order valence-electron chi connectivity index (χ0n) is 16.2. The van der Waals surface area contributed by atoms with Crippen molar-refractivity contribution in [1.82, 2.24) is 0 Å². The van der Waals surface area contributed by atoms with Gasteiger partial charge < -0.3 is 0 Å². The Hall–Kier alpha value is 0. The van der Waals surface area contributed by atoms with Gasteiger partial charge in [0.15, 0.2) is 0 Å². The van der Waals surface area contributed by atoms with Gasteiger partial charge in [-0.3, -0.25) is 0 Å². The van der Waals surface area contributed by atoms with Crippen LogP contribution in [0.3, 0.4) is 0 Å². The minimum Gasteiger partial charge on any atom is -0.0654 e. The molecule has 0 aromatic carbocycles. The molecule has 0 amide bonds. The second kappa shape index (κ2) is 5.25. The van der Waals surface area contributed by atoms with Crippen molar-refractivity contribution >= 4 is 0 Å². The first-order chi connectivity index (χ1) is 10.2. The minimum atomic E-state index is 0.483. The number of hydrogen-bond acceptors (Lipinski definition) is 0. The second-order valence-corrected chi connectivity index (χ2v) is 10.9. The van der Waals surface area contributed by atoms with Gasteiger partial charge in [0.2, 0.25) is 0 Å². The largest absolute Gasteiger partial charge is 0.0654 e. The van der Waals surface area contributed by atoms with Gasteiger partial charge in [-0.05, 0) is 78.4 Å². The molecule has 0 aromatic heterocycles. The Bertz CT molecular complexity index is 416. The highest BCUT2D eigenvalue weighted by atomic mass is 14.7. The summed E-state index contributed by atoms with van der Waals surface area (Å²) in [5.41, 5.74) is 2.42. The van der Waals surface area contributed by atoms with Crippen LogP contribution in [-0.4, -0.2) is 0 Å². The van der Waals surface area contributed by atoms with Crippen LogP contribution in [0.4, 0.5) is 0 Å². The summed E-state index contributed by atoms with van der Waals surface area (Å²) < 4.78 is 0. The van der Waals surface area contributed by atoms with Gasteiger partial charge >= 0.3 is 0 Å². The summed E-state index contributed by atoms with van der Waals surface area (Å²) in [6.45, 7) is 15.3. The molecule has 0 aromatic rings. The molecule has 3 fully saturated rings. The molecule has 3 aliphatic rings. The van der Waals surface area contributed by atoms with E-state index in [1.54, 1.807) is 0 Å². The van der Waals surface area contributed by atoms with Gasteiger partial charge in [-0.2, -0.15) is 0 Å². The normalized spacial score (nSPS) is 48.3. The molecule has 128 valence electrons. The van der Waals surface area contributed by atoms with Gasteiger partial charge in [0.25, 0.3) is 0 Å². The van der Waals surface area contributed by atoms with Gasteiger partial charge in [-0.25, -0.2) is 0 Å². The number of rotatable bonds is 3. The molecule has 3 saturated carbocycles. The average molecular weight is 305 g/mol. The molecular weight excluding hydrogens is 264 g/mol. The molecular formula is C22H40. The maximum atomic E-state index is 2.68. The van der Waals surface area contributed by atoms with Crippen molar-refractivity contribution in [3.63, 3.8) is 0 Å². The van der Waals surface area contributed by atoms with Crippen LogP contribution < -0.4 is 0 Å². The zero-order valence-corrected chi connectivity index (χ0v) is 16.2. The molecule has 3 aliphatic carbocycles. The molecule has 0 nitrogen and oxygen atoms in total. The predicted octanol–water partition coefficient (Wildman–Crippen LogP) is 7.23. The SMILES string of the molecule is CCCCC1C2CC3(C(C)(C)C)CCCC1(C)CCC2(C)C3. The molecule has 0 radical (unpaired) electrons. The Morgan fingerprint density at radius 2 is 1.64 bits per heavy atom. The van der Waals surface area contributed by atoms with E-state index in [1.807, 2.05) is 0 Å². The van der Waals surface area contributed by atoms with Crippen molar-refractivity contribution in [2.45, 2.75) is 106 Å². The summed E-state index contributed by atoms with van der Waals surface area (Å²) in [4.78, 5) is 0. The average Bonchev–Trinajstić information content (AvgIpc) is 2.74. The van der Waals surface area contributed by atoms with Crippen molar-refractivity contribution in [2.24, 2.45) is 33.5 Å². The van der Waals surface area contributed by atoms with Gasteiger partial charge in [0.05, 0.1) is 0 Å². The fourth-order valence-electron chi connectivity index (χ4n) is 7.04. The number of unbranched alkanes of at least 4 members (excludes halogenated alkanes) is 1. The van der Waals surface area contributed by atoms with E-state index in [4.69, 9.17) is 0 Å². The van der Waals surface area contributed by atoms with Gasteiger partial charge in [0, 0.05) is 0 Å². The molecule has 0 heteroatoms. The first-order valence-electron chi connectivity index (χ1n) is 10.2. The van der Waals surface area contributed by atoms with Crippen molar-refractivity contribution in [1.29, 1.82) is 0 Å². The topological polar surface area (TPSA) is 0 Å². The molecule has 5 unspecified atom stereocenters. The molecule has 3 rings (SSSR count). The van der Waals surface area contributed by atoms with Crippen LogP contribution in [0.5, 0.6) is 0 Å². The lowest BCUT2D eigenvalue weighted by Gasteiger charge is -2.53. The lowest BCUT2D eigenvalue weighted by Crippen LogP contribution is -2.44. The van der Waals surface area contributed by atoms with Crippen LogP contribution in [0, 0.1) is 33.5 Å². The first-order valence-corrected chi connectivity index (χ1v) is 10.2. The van der Waals surface area contributed by atoms with E-state index in [1.165, 1.54) is 64.2 Å². The fraction of sp³-hybridized carbons (Fsp3) is 1.00. The lowest BCUT2D eigenvalue weighted by atomic mass is 9.52. The van der Waals surface area contributed by atoms with Crippen LogP contribution in [0.15, 0.2) is 0 Å². The number of fused-ring (bicyclic) bond motifs is 2. The first kappa shape index (κ1) is 16.8. The van der Waals surface area contributed by atoms with Crippen molar-refractivity contribution in [3.05, 3.63) is 0 Å². The van der Waals surface area contributed by atoms with Crippen LogP contribution in [0.1, 0.15) is 106 Å². The van der Waals surface area contributed by atoms with E-state index < -0.39 is 0 Å². The molecule has 22 heavy (non-hydrogen) atoms. The molecule has 0 saturated heterocycles. The van der Waals surface area contributed by atoms with E-state index in [0.717, 1.165) is 11.8 Å². The summed E-state index contributed by atoms with van der Waals surface area (Å²) in [6.07, 6.45) is 14.9. The Labute approximate surface area is 139 Å². The zero-order chi connectivity index (χ0) is 16.2. The molecule has 3 bridgehead atoms. The van der Waals surface area contributed by atoms with Crippen LogP contribution in [0.2, 0.25) is 0 Å². The highest BCUT2D eigenvalue weighted by molar-refractivity contribution is 5.12. The maximum Gasteiger partial charge on any atom is -0.0241 e. The van der Waals surface area contributed by atoms with Gasteiger partial charge in [-0.15, -0.1) is 0 Å². The summed E-state index contributed by atoms with van der Waals surface area (Å²) in [5, 5.41) is 0. The van der Waals surface area contributed by atoms with Gasteiger partial charge in [-0.1, -0.05) is 60.8 Å².